The number of rotatable bonds is 6. The van der Waals surface area contributed by atoms with E-state index in [1.807, 2.05) is 0 Å². The highest BCUT2D eigenvalue weighted by Gasteiger charge is 2.24. The van der Waals surface area contributed by atoms with Crippen LogP contribution in [0.25, 0.3) is 10.8 Å². The third-order valence-electron chi connectivity index (χ3n) is 3.53. The van der Waals surface area contributed by atoms with Gasteiger partial charge in [-0.1, -0.05) is 38.0 Å². The lowest BCUT2D eigenvalue weighted by molar-refractivity contribution is -0.393. The van der Waals surface area contributed by atoms with E-state index in [1.165, 1.54) is 0 Å². The fourth-order valence-electron chi connectivity index (χ4n) is 2.53. The molecule has 21 heavy (non-hydrogen) atoms. The summed E-state index contributed by atoms with van der Waals surface area (Å²) in [6.07, 6.45) is 3.38. The Morgan fingerprint density at radius 1 is 0.952 bits per heavy atom. The van der Waals surface area contributed by atoms with Crippen molar-refractivity contribution in [2.45, 2.75) is 32.6 Å². The van der Waals surface area contributed by atoms with Crippen molar-refractivity contribution in [3.8, 4) is 0 Å². The number of unbranched alkanes of at least 4 members (excludes halogenated alkanes) is 2. The Bertz CT molecular complexity index is 697. The topological polar surface area (TPSA) is 86.3 Å². The summed E-state index contributed by atoms with van der Waals surface area (Å²) in [4.78, 5) is 21.3. The van der Waals surface area contributed by atoms with Crippen LogP contribution in [0.3, 0.4) is 0 Å². The van der Waals surface area contributed by atoms with E-state index in [0.717, 1.165) is 25.3 Å². The van der Waals surface area contributed by atoms with Crippen LogP contribution >= 0.6 is 0 Å². The Kier molecular flexibility index (Phi) is 4.47. The highest BCUT2D eigenvalue weighted by Crippen LogP contribution is 2.36. The molecule has 0 saturated carbocycles. The van der Waals surface area contributed by atoms with Gasteiger partial charge in [0.1, 0.15) is 0 Å². The summed E-state index contributed by atoms with van der Waals surface area (Å²) < 4.78 is 0. The number of aryl methyl sites for hydroxylation is 1. The fourth-order valence-corrected chi connectivity index (χ4v) is 2.53. The lowest BCUT2D eigenvalue weighted by Crippen LogP contribution is -2.00. The fraction of sp³-hybridized carbons (Fsp3) is 0.333. The first-order chi connectivity index (χ1) is 10.1. The van der Waals surface area contributed by atoms with Gasteiger partial charge in [0.05, 0.1) is 21.3 Å². The summed E-state index contributed by atoms with van der Waals surface area (Å²) in [6.45, 7) is 2.06. The summed E-state index contributed by atoms with van der Waals surface area (Å²) in [5.41, 5.74) is 0.225. The Labute approximate surface area is 121 Å². The van der Waals surface area contributed by atoms with Crippen molar-refractivity contribution < 1.29 is 9.85 Å². The Morgan fingerprint density at radius 2 is 1.57 bits per heavy atom. The van der Waals surface area contributed by atoms with E-state index in [1.54, 1.807) is 24.3 Å². The van der Waals surface area contributed by atoms with Crippen LogP contribution in [0, 0.1) is 20.2 Å². The van der Waals surface area contributed by atoms with Crippen LogP contribution in [0.1, 0.15) is 31.7 Å². The molecule has 0 aliphatic heterocycles. The summed E-state index contributed by atoms with van der Waals surface area (Å²) in [7, 11) is 0. The SMILES string of the molecule is CCCCCc1c([N+](=O)[O-])cc([N+](=O)[O-])c2ccccc12. The van der Waals surface area contributed by atoms with Gasteiger partial charge in [0, 0.05) is 5.56 Å². The molecule has 0 bridgehead atoms. The minimum atomic E-state index is -0.564. The molecule has 0 fully saturated rings. The molecular weight excluding hydrogens is 272 g/mol. The van der Waals surface area contributed by atoms with Crippen molar-refractivity contribution in [3.63, 3.8) is 0 Å². The molecule has 0 aromatic heterocycles. The van der Waals surface area contributed by atoms with Crippen molar-refractivity contribution in [2.24, 2.45) is 0 Å². The molecule has 0 saturated heterocycles. The van der Waals surface area contributed by atoms with Crippen molar-refractivity contribution in [2.75, 3.05) is 0 Å². The minimum Gasteiger partial charge on any atom is -0.258 e. The van der Waals surface area contributed by atoms with Crippen LogP contribution in [-0.2, 0) is 6.42 Å². The lowest BCUT2D eigenvalue weighted by Gasteiger charge is -2.08. The van der Waals surface area contributed by atoms with Gasteiger partial charge in [0.25, 0.3) is 11.4 Å². The molecule has 0 aliphatic carbocycles. The van der Waals surface area contributed by atoms with Gasteiger partial charge >= 0.3 is 0 Å². The average Bonchev–Trinajstić information content (AvgIpc) is 2.46. The molecule has 0 radical (unpaired) electrons. The molecule has 2 rings (SSSR count). The van der Waals surface area contributed by atoms with Crippen LogP contribution in [0.15, 0.2) is 30.3 Å². The van der Waals surface area contributed by atoms with E-state index in [-0.39, 0.29) is 11.4 Å². The normalized spacial score (nSPS) is 10.7. The van der Waals surface area contributed by atoms with E-state index in [4.69, 9.17) is 0 Å². The molecule has 0 unspecified atom stereocenters. The summed E-state index contributed by atoms with van der Waals surface area (Å²) in [5.74, 6) is 0. The predicted octanol–water partition coefficient (Wildman–Crippen LogP) is 4.39. The van der Waals surface area contributed by atoms with Crippen LogP contribution in [0.2, 0.25) is 0 Å². The first kappa shape index (κ1) is 14.9. The Morgan fingerprint density at radius 3 is 2.14 bits per heavy atom. The largest absolute Gasteiger partial charge is 0.284 e. The summed E-state index contributed by atoms with van der Waals surface area (Å²) >= 11 is 0. The number of benzene rings is 2. The quantitative estimate of drug-likeness (QED) is 0.448. The monoisotopic (exact) mass is 288 g/mol. The molecule has 2 aromatic rings. The molecule has 0 aliphatic rings. The van der Waals surface area contributed by atoms with Gasteiger partial charge in [0.2, 0.25) is 0 Å². The molecular formula is C15H16N2O4. The predicted molar refractivity (Wildman–Crippen MR) is 80.5 cm³/mol. The maximum Gasteiger partial charge on any atom is 0.284 e. The third kappa shape index (κ3) is 2.99. The number of hydrogen-bond donors (Lipinski definition) is 0. The highest BCUT2D eigenvalue weighted by atomic mass is 16.6. The maximum atomic E-state index is 11.3. The number of hydrogen-bond acceptors (Lipinski definition) is 4. The number of nitro groups is 2. The molecule has 0 spiro atoms. The van der Waals surface area contributed by atoms with Gasteiger partial charge in [-0.15, -0.1) is 0 Å². The van der Waals surface area contributed by atoms with Crippen molar-refractivity contribution in [3.05, 3.63) is 56.1 Å². The van der Waals surface area contributed by atoms with Crippen LogP contribution in [0.5, 0.6) is 0 Å². The molecule has 0 atom stereocenters. The summed E-state index contributed by atoms with van der Waals surface area (Å²) in [5, 5.41) is 23.5. The minimum absolute atomic E-state index is 0.156. The third-order valence-corrected chi connectivity index (χ3v) is 3.53. The zero-order valence-corrected chi connectivity index (χ0v) is 11.7. The first-order valence-corrected chi connectivity index (χ1v) is 6.89. The standard InChI is InChI=1S/C15H16N2O4/c1-2-3-4-8-12-11-7-5-6-9-13(11)15(17(20)21)10-14(12)16(18)19/h5-7,9-10H,2-4,8H2,1H3. The van der Waals surface area contributed by atoms with E-state index in [2.05, 4.69) is 6.92 Å². The van der Waals surface area contributed by atoms with E-state index >= 15 is 0 Å². The second-order valence-corrected chi connectivity index (χ2v) is 4.91. The second-order valence-electron chi connectivity index (χ2n) is 4.91. The van der Waals surface area contributed by atoms with Crippen molar-refractivity contribution in [1.29, 1.82) is 0 Å². The number of non-ortho nitro benzene ring substituents is 1. The van der Waals surface area contributed by atoms with Gasteiger partial charge in [-0.25, -0.2) is 0 Å². The zero-order valence-electron chi connectivity index (χ0n) is 11.7. The van der Waals surface area contributed by atoms with E-state index < -0.39 is 9.85 Å². The maximum absolute atomic E-state index is 11.3. The van der Waals surface area contributed by atoms with Gasteiger partial charge in [0.15, 0.2) is 0 Å². The van der Waals surface area contributed by atoms with Gasteiger partial charge < -0.3 is 0 Å². The lowest BCUT2D eigenvalue weighted by atomic mass is 9.96. The van der Waals surface area contributed by atoms with Gasteiger partial charge in [-0.3, -0.25) is 20.2 Å². The van der Waals surface area contributed by atoms with Gasteiger partial charge in [-0.2, -0.15) is 0 Å². The molecule has 0 heterocycles. The first-order valence-electron chi connectivity index (χ1n) is 6.89. The Hall–Kier alpha value is -2.50. The average molecular weight is 288 g/mol. The van der Waals surface area contributed by atoms with Gasteiger partial charge in [-0.05, 0) is 24.3 Å². The number of nitro benzene ring substituents is 2. The van der Waals surface area contributed by atoms with Crippen molar-refractivity contribution in [1.82, 2.24) is 0 Å². The molecule has 2 aromatic carbocycles. The van der Waals surface area contributed by atoms with E-state index in [0.29, 0.717) is 22.8 Å². The molecule has 0 amide bonds. The zero-order chi connectivity index (χ0) is 15.4. The Balaban J connectivity index is 2.68. The number of nitrogens with zero attached hydrogens (tertiary/aromatic N) is 2. The van der Waals surface area contributed by atoms with Crippen LogP contribution < -0.4 is 0 Å². The molecule has 110 valence electrons. The second kappa shape index (κ2) is 6.30. The highest BCUT2D eigenvalue weighted by molar-refractivity contribution is 5.96. The van der Waals surface area contributed by atoms with E-state index in [9.17, 15) is 20.2 Å². The number of fused-ring (bicyclic) bond motifs is 1. The summed E-state index contributed by atoms with van der Waals surface area (Å²) in [6, 6.07) is 7.90. The molecule has 6 nitrogen and oxygen atoms in total. The van der Waals surface area contributed by atoms with Crippen LogP contribution in [-0.4, -0.2) is 9.85 Å². The smallest absolute Gasteiger partial charge is 0.258 e. The molecule has 6 heteroatoms. The van der Waals surface area contributed by atoms with Crippen molar-refractivity contribution >= 4 is 22.1 Å². The molecule has 0 N–H and O–H groups in total. The van der Waals surface area contributed by atoms with Crippen LogP contribution in [0.4, 0.5) is 11.4 Å².